The van der Waals surface area contributed by atoms with Crippen molar-refractivity contribution >= 4 is 23.2 Å². The summed E-state index contributed by atoms with van der Waals surface area (Å²) in [5.74, 6) is 0.178. The van der Waals surface area contributed by atoms with Crippen molar-refractivity contribution in [1.82, 2.24) is 4.57 Å². The standard InChI is InChI=1S/C22H21ClN2O2/c1-15(2)17-6-9-20(10-7-17)24-22(27)18-8-11-21(26)25(14-18)13-16-4-3-5-19(23)12-16/h3-12,14-15H,13H2,1-2H3,(H,24,27). The summed E-state index contributed by atoms with van der Waals surface area (Å²) in [6.07, 6.45) is 1.57. The van der Waals surface area contributed by atoms with E-state index in [-0.39, 0.29) is 11.5 Å². The normalized spacial score (nSPS) is 10.8. The Bertz CT molecular complexity index is 1010. The average molecular weight is 381 g/mol. The lowest BCUT2D eigenvalue weighted by Crippen LogP contribution is -2.22. The van der Waals surface area contributed by atoms with E-state index < -0.39 is 0 Å². The maximum Gasteiger partial charge on any atom is 0.257 e. The molecule has 1 amide bonds. The smallest absolute Gasteiger partial charge is 0.257 e. The summed E-state index contributed by atoms with van der Waals surface area (Å²) in [5, 5.41) is 3.48. The van der Waals surface area contributed by atoms with Gasteiger partial charge in [0.1, 0.15) is 0 Å². The van der Waals surface area contributed by atoms with Crippen LogP contribution >= 0.6 is 11.6 Å². The molecule has 27 heavy (non-hydrogen) atoms. The Morgan fingerprint density at radius 2 is 1.81 bits per heavy atom. The number of hydrogen-bond acceptors (Lipinski definition) is 2. The molecule has 1 aromatic heterocycles. The maximum absolute atomic E-state index is 12.6. The van der Waals surface area contributed by atoms with Crippen molar-refractivity contribution in [2.75, 3.05) is 5.32 Å². The summed E-state index contributed by atoms with van der Waals surface area (Å²) < 4.78 is 1.50. The van der Waals surface area contributed by atoms with E-state index in [9.17, 15) is 9.59 Å². The zero-order valence-electron chi connectivity index (χ0n) is 15.3. The van der Waals surface area contributed by atoms with E-state index in [0.29, 0.717) is 23.0 Å². The predicted octanol–water partition coefficient (Wildman–Crippen LogP) is 4.93. The Hall–Kier alpha value is -2.85. The fraction of sp³-hybridized carbons (Fsp3) is 0.182. The number of nitrogens with one attached hydrogen (secondary N) is 1. The number of nitrogens with zero attached hydrogens (tertiary/aromatic N) is 1. The van der Waals surface area contributed by atoms with E-state index >= 15 is 0 Å². The van der Waals surface area contributed by atoms with Gasteiger partial charge < -0.3 is 9.88 Å². The lowest BCUT2D eigenvalue weighted by Gasteiger charge is -2.10. The van der Waals surface area contributed by atoms with E-state index in [2.05, 4.69) is 19.2 Å². The summed E-state index contributed by atoms with van der Waals surface area (Å²) in [4.78, 5) is 24.7. The van der Waals surface area contributed by atoms with Crippen molar-refractivity contribution in [3.05, 3.63) is 98.9 Å². The van der Waals surface area contributed by atoms with Gasteiger partial charge in [-0.25, -0.2) is 0 Å². The Kier molecular flexibility index (Phi) is 5.77. The molecule has 0 bridgehead atoms. The molecule has 0 radical (unpaired) electrons. The molecule has 4 nitrogen and oxygen atoms in total. The number of hydrogen-bond donors (Lipinski definition) is 1. The van der Waals surface area contributed by atoms with Crippen molar-refractivity contribution in [2.24, 2.45) is 0 Å². The second kappa shape index (κ2) is 8.23. The molecule has 0 unspecified atom stereocenters. The topological polar surface area (TPSA) is 51.1 Å². The largest absolute Gasteiger partial charge is 0.322 e. The molecule has 0 saturated carbocycles. The molecule has 1 heterocycles. The minimum absolute atomic E-state index is 0.173. The van der Waals surface area contributed by atoms with E-state index in [0.717, 1.165) is 11.3 Å². The van der Waals surface area contributed by atoms with Crippen LogP contribution in [0.1, 0.15) is 41.3 Å². The van der Waals surface area contributed by atoms with Crippen LogP contribution in [-0.2, 0) is 6.54 Å². The zero-order valence-corrected chi connectivity index (χ0v) is 16.0. The molecular formula is C22H21ClN2O2. The summed E-state index contributed by atoms with van der Waals surface area (Å²) in [6.45, 7) is 4.59. The highest BCUT2D eigenvalue weighted by Crippen LogP contribution is 2.18. The van der Waals surface area contributed by atoms with E-state index in [1.165, 1.54) is 22.3 Å². The van der Waals surface area contributed by atoms with Crippen LogP contribution in [0.3, 0.4) is 0 Å². The molecule has 1 N–H and O–H groups in total. The highest BCUT2D eigenvalue weighted by atomic mass is 35.5. The fourth-order valence-electron chi connectivity index (χ4n) is 2.78. The van der Waals surface area contributed by atoms with Gasteiger partial charge in [-0.05, 0) is 47.4 Å². The van der Waals surface area contributed by atoms with Crippen LogP contribution in [0.15, 0.2) is 71.7 Å². The molecular weight excluding hydrogens is 360 g/mol. The van der Waals surface area contributed by atoms with Crippen LogP contribution < -0.4 is 10.9 Å². The fourth-order valence-corrected chi connectivity index (χ4v) is 2.99. The number of benzene rings is 2. The minimum Gasteiger partial charge on any atom is -0.322 e. The Labute approximate surface area is 163 Å². The molecule has 0 aliphatic carbocycles. The Balaban J connectivity index is 1.78. The highest BCUT2D eigenvalue weighted by Gasteiger charge is 2.09. The van der Waals surface area contributed by atoms with Crippen LogP contribution in [0.2, 0.25) is 5.02 Å². The minimum atomic E-state index is -0.257. The van der Waals surface area contributed by atoms with Gasteiger partial charge >= 0.3 is 0 Å². The molecule has 3 rings (SSSR count). The van der Waals surface area contributed by atoms with Gasteiger partial charge in [0.25, 0.3) is 11.5 Å². The Morgan fingerprint density at radius 1 is 1.07 bits per heavy atom. The summed E-state index contributed by atoms with van der Waals surface area (Å²) in [7, 11) is 0. The number of pyridine rings is 1. The van der Waals surface area contributed by atoms with Crippen molar-refractivity contribution < 1.29 is 4.79 Å². The van der Waals surface area contributed by atoms with Gasteiger partial charge in [0.05, 0.1) is 12.1 Å². The predicted molar refractivity (Wildman–Crippen MR) is 110 cm³/mol. The molecule has 3 aromatic rings. The van der Waals surface area contributed by atoms with E-state index in [1.807, 2.05) is 36.4 Å². The average Bonchev–Trinajstić information content (AvgIpc) is 2.64. The van der Waals surface area contributed by atoms with E-state index in [1.54, 1.807) is 18.3 Å². The summed E-state index contributed by atoms with van der Waals surface area (Å²) in [5.41, 5.74) is 3.07. The third-order valence-electron chi connectivity index (χ3n) is 4.32. The third-order valence-corrected chi connectivity index (χ3v) is 4.56. The molecule has 0 fully saturated rings. The van der Waals surface area contributed by atoms with Crippen LogP contribution in [0.4, 0.5) is 5.69 Å². The molecule has 138 valence electrons. The van der Waals surface area contributed by atoms with Crippen LogP contribution in [0.25, 0.3) is 0 Å². The first-order valence-corrected chi connectivity index (χ1v) is 9.16. The number of rotatable bonds is 5. The third kappa shape index (κ3) is 4.86. The molecule has 0 aliphatic heterocycles. The summed E-state index contributed by atoms with van der Waals surface area (Å²) >= 11 is 6.00. The van der Waals surface area contributed by atoms with Gasteiger partial charge in [-0.3, -0.25) is 9.59 Å². The van der Waals surface area contributed by atoms with Gasteiger partial charge in [-0.2, -0.15) is 0 Å². The maximum atomic E-state index is 12.6. The van der Waals surface area contributed by atoms with Crippen molar-refractivity contribution in [3.63, 3.8) is 0 Å². The van der Waals surface area contributed by atoms with Gasteiger partial charge in [-0.1, -0.05) is 49.7 Å². The molecule has 0 saturated heterocycles. The second-order valence-electron chi connectivity index (χ2n) is 6.74. The lowest BCUT2D eigenvalue weighted by atomic mass is 10.0. The molecule has 0 spiro atoms. The number of carbonyl (C=O) groups excluding carboxylic acids is 1. The zero-order chi connectivity index (χ0) is 19.4. The lowest BCUT2D eigenvalue weighted by molar-refractivity contribution is 0.102. The van der Waals surface area contributed by atoms with Gasteiger partial charge in [-0.15, -0.1) is 0 Å². The molecule has 0 aliphatic rings. The van der Waals surface area contributed by atoms with Crippen molar-refractivity contribution in [2.45, 2.75) is 26.3 Å². The quantitative estimate of drug-likeness (QED) is 0.682. The number of amides is 1. The van der Waals surface area contributed by atoms with Crippen molar-refractivity contribution in [1.29, 1.82) is 0 Å². The second-order valence-corrected chi connectivity index (χ2v) is 7.18. The van der Waals surface area contributed by atoms with Gasteiger partial charge in [0.2, 0.25) is 0 Å². The Morgan fingerprint density at radius 3 is 2.48 bits per heavy atom. The number of aromatic nitrogens is 1. The number of carbonyl (C=O) groups is 1. The van der Waals surface area contributed by atoms with Gasteiger partial charge in [0, 0.05) is 23.0 Å². The van der Waals surface area contributed by atoms with E-state index in [4.69, 9.17) is 11.6 Å². The molecule has 0 atom stereocenters. The SMILES string of the molecule is CC(C)c1ccc(NC(=O)c2ccc(=O)n(Cc3cccc(Cl)c3)c2)cc1. The molecule has 2 aromatic carbocycles. The first kappa shape index (κ1) is 18.9. The van der Waals surface area contributed by atoms with Crippen molar-refractivity contribution in [3.8, 4) is 0 Å². The van der Waals surface area contributed by atoms with Crippen LogP contribution in [0.5, 0.6) is 0 Å². The van der Waals surface area contributed by atoms with Crippen LogP contribution in [0, 0.1) is 0 Å². The number of anilines is 1. The first-order valence-electron chi connectivity index (χ1n) is 8.78. The monoisotopic (exact) mass is 380 g/mol. The molecule has 5 heteroatoms. The first-order chi connectivity index (χ1) is 12.9. The summed E-state index contributed by atoms with van der Waals surface area (Å²) in [6, 6.07) is 18.0. The highest BCUT2D eigenvalue weighted by molar-refractivity contribution is 6.30. The van der Waals surface area contributed by atoms with Crippen LogP contribution in [-0.4, -0.2) is 10.5 Å². The number of halogens is 1. The van der Waals surface area contributed by atoms with Gasteiger partial charge in [0.15, 0.2) is 0 Å².